The number of benzene rings is 2. The molecule has 196 valence electrons. The van der Waals surface area contributed by atoms with Crippen LogP contribution in [0, 0.1) is 24.7 Å². The molecule has 0 saturated heterocycles. The van der Waals surface area contributed by atoms with Crippen LogP contribution < -0.4 is 15.4 Å². The molecule has 0 aliphatic heterocycles. The minimum absolute atomic E-state index is 0.0393. The number of aryl methyl sites for hydroxylation is 2. The van der Waals surface area contributed by atoms with Crippen molar-refractivity contribution in [3.63, 3.8) is 0 Å². The zero-order valence-corrected chi connectivity index (χ0v) is 22.8. The van der Waals surface area contributed by atoms with Crippen LogP contribution in [0.5, 0.6) is 5.75 Å². The van der Waals surface area contributed by atoms with E-state index in [4.69, 9.17) is 9.47 Å². The average Bonchev–Trinajstić information content (AvgIpc) is 2.79. The van der Waals surface area contributed by atoms with Gasteiger partial charge in [-0.25, -0.2) is 4.79 Å². The van der Waals surface area contributed by atoms with Crippen molar-refractivity contribution in [2.45, 2.75) is 86.0 Å². The molecule has 4 atom stereocenters. The van der Waals surface area contributed by atoms with Crippen LogP contribution in [-0.4, -0.2) is 23.6 Å². The Morgan fingerprint density at radius 1 is 1.00 bits per heavy atom. The smallest absolute Gasteiger partial charge is 0.407 e. The van der Waals surface area contributed by atoms with Crippen LogP contribution in [0.1, 0.15) is 71.1 Å². The minimum Gasteiger partial charge on any atom is -0.486 e. The summed E-state index contributed by atoms with van der Waals surface area (Å²) < 4.78 is 11.7. The van der Waals surface area contributed by atoms with E-state index in [1.54, 1.807) is 0 Å². The maximum absolute atomic E-state index is 13.6. The summed E-state index contributed by atoms with van der Waals surface area (Å²) in [6.07, 6.45) is 1.85. The van der Waals surface area contributed by atoms with Gasteiger partial charge in [0.15, 0.2) is 0 Å². The summed E-state index contributed by atoms with van der Waals surface area (Å²) in [7, 11) is 0. The number of carbonyl (C=O) groups excluding carboxylic acids is 2. The molecule has 1 aliphatic rings. The first kappa shape index (κ1) is 27.6. The summed E-state index contributed by atoms with van der Waals surface area (Å²) in [5.74, 6) is 0.883. The number of anilines is 1. The Kier molecular flexibility index (Phi) is 9.04. The van der Waals surface area contributed by atoms with E-state index < -0.39 is 11.7 Å². The maximum atomic E-state index is 13.6. The van der Waals surface area contributed by atoms with E-state index in [-0.39, 0.29) is 29.7 Å². The molecule has 0 heterocycles. The van der Waals surface area contributed by atoms with Gasteiger partial charge in [0.25, 0.3) is 0 Å². The first-order chi connectivity index (χ1) is 17.0. The highest BCUT2D eigenvalue weighted by Crippen LogP contribution is 2.37. The molecule has 1 fully saturated rings. The van der Waals surface area contributed by atoms with Crippen LogP contribution in [0.15, 0.2) is 42.5 Å². The number of alkyl carbamates (subject to hydrolysis) is 1. The van der Waals surface area contributed by atoms with Crippen LogP contribution in [0.25, 0.3) is 0 Å². The van der Waals surface area contributed by atoms with E-state index in [1.807, 2.05) is 64.1 Å². The van der Waals surface area contributed by atoms with Crippen molar-refractivity contribution in [2.24, 2.45) is 17.8 Å². The molecule has 2 aromatic rings. The van der Waals surface area contributed by atoms with Gasteiger partial charge in [0.2, 0.25) is 5.91 Å². The first-order valence-corrected chi connectivity index (χ1v) is 13.1. The van der Waals surface area contributed by atoms with Gasteiger partial charge in [-0.15, -0.1) is 0 Å². The molecular formula is C30H42N2O4. The summed E-state index contributed by atoms with van der Waals surface area (Å²) in [4.78, 5) is 26.0. The predicted molar refractivity (Wildman–Crippen MR) is 144 cm³/mol. The highest BCUT2D eigenvalue weighted by atomic mass is 16.6. The van der Waals surface area contributed by atoms with Crippen molar-refractivity contribution < 1.29 is 19.1 Å². The molecule has 2 aromatic carbocycles. The second kappa shape index (κ2) is 11.8. The maximum Gasteiger partial charge on any atom is 0.407 e. The zero-order chi connectivity index (χ0) is 26.5. The third-order valence-corrected chi connectivity index (χ3v) is 6.89. The van der Waals surface area contributed by atoms with Crippen LogP contribution in [-0.2, 0) is 22.6 Å². The van der Waals surface area contributed by atoms with Gasteiger partial charge in [-0.05, 0) is 81.5 Å². The van der Waals surface area contributed by atoms with Crippen molar-refractivity contribution in [3.05, 3.63) is 59.2 Å². The predicted octanol–water partition coefficient (Wildman–Crippen LogP) is 6.65. The lowest BCUT2D eigenvalue weighted by Gasteiger charge is -2.38. The van der Waals surface area contributed by atoms with Crippen LogP contribution >= 0.6 is 0 Å². The van der Waals surface area contributed by atoms with E-state index >= 15 is 0 Å². The van der Waals surface area contributed by atoms with Gasteiger partial charge in [0.1, 0.15) is 18.0 Å². The summed E-state index contributed by atoms with van der Waals surface area (Å²) in [5, 5.41) is 6.19. The lowest BCUT2D eigenvalue weighted by molar-refractivity contribution is -0.123. The van der Waals surface area contributed by atoms with Crippen LogP contribution in [0.2, 0.25) is 0 Å². The summed E-state index contributed by atoms with van der Waals surface area (Å²) in [6, 6.07) is 14.0. The van der Waals surface area contributed by atoms with E-state index in [0.717, 1.165) is 29.5 Å². The van der Waals surface area contributed by atoms with Gasteiger partial charge in [-0.2, -0.15) is 0 Å². The largest absolute Gasteiger partial charge is 0.486 e. The zero-order valence-electron chi connectivity index (χ0n) is 22.8. The fourth-order valence-corrected chi connectivity index (χ4v) is 4.97. The Hall–Kier alpha value is -3.02. The van der Waals surface area contributed by atoms with E-state index in [9.17, 15) is 9.59 Å². The van der Waals surface area contributed by atoms with Gasteiger partial charge < -0.3 is 20.1 Å². The lowest BCUT2D eigenvalue weighted by Crippen LogP contribution is -2.49. The molecule has 0 radical (unpaired) electrons. The Morgan fingerprint density at radius 3 is 2.33 bits per heavy atom. The van der Waals surface area contributed by atoms with Crippen molar-refractivity contribution in [1.29, 1.82) is 0 Å². The van der Waals surface area contributed by atoms with Gasteiger partial charge in [-0.3, -0.25) is 4.79 Å². The molecule has 2 amide bonds. The van der Waals surface area contributed by atoms with E-state index in [2.05, 4.69) is 37.5 Å². The van der Waals surface area contributed by atoms with Gasteiger partial charge in [0, 0.05) is 12.0 Å². The second-order valence-electron chi connectivity index (χ2n) is 11.2. The number of nitrogens with one attached hydrogen (secondary N) is 2. The minimum atomic E-state index is -0.565. The fourth-order valence-electron chi connectivity index (χ4n) is 4.97. The Bertz CT molecular complexity index is 1040. The SMILES string of the molecule is CCc1cc(C)c(OCc2ccccc2)c(NC(=O)[C@@H]2C[C@H](NC(=O)OC(C)(C)C)[C@@H](C)C[C@H]2C)c1. The molecule has 36 heavy (non-hydrogen) atoms. The van der Waals surface area contributed by atoms with Crippen molar-refractivity contribution in [1.82, 2.24) is 5.32 Å². The molecule has 0 spiro atoms. The number of amides is 2. The molecule has 2 N–H and O–H groups in total. The summed E-state index contributed by atoms with van der Waals surface area (Å²) in [5.41, 5.74) is 3.35. The van der Waals surface area contributed by atoms with Crippen molar-refractivity contribution in [2.75, 3.05) is 5.32 Å². The number of hydrogen-bond acceptors (Lipinski definition) is 4. The standard InChI is InChI=1S/C30H42N2O4/c1-8-22-15-21(4)27(35-18-23-12-10-9-11-13-23)26(16-22)31-28(33)24-17-25(20(3)14-19(24)2)32-29(34)36-30(5,6)7/h9-13,15-16,19-20,24-25H,8,14,17-18H2,1-7H3,(H,31,33)(H,32,34)/t19-,20+,24-,25+/m1/s1. The molecule has 1 aliphatic carbocycles. The Morgan fingerprint density at radius 2 is 1.69 bits per heavy atom. The number of ether oxygens (including phenoxy) is 2. The van der Waals surface area contributed by atoms with Gasteiger partial charge in [-0.1, -0.05) is 57.2 Å². The highest BCUT2D eigenvalue weighted by Gasteiger charge is 2.38. The second-order valence-corrected chi connectivity index (χ2v) is 11.2. The Labute approximate surface area is 216 Å². The molecule has 6 heteroatoms. The topological polar surface area (TPSA) is 76.7 Å². The molecule has 3 rings (SSSR count). The third kappa shape index (κ3) is 7.49. The van der Waals surface area contributed by atoms with E-state index in [0.29, 0.717) is 24.5 Å². The van der Waals surface area contributed by atoms with Crippen molar-refractivity contribution in [3.8, 4) is 5.75 Å². The quantitative estimate of drug-likeness (QED) is 0.452. The first-order valence-electron chi connectivity index (χ1n) is 13.1. The molecule has 0 unspecified atom stereocenters. The average molecular weight is 495 g/mol. The van der Waals surface area contributed by atoms with Crippen LogP contribution in [0.3, 0.4) is 0 Å². The number of hydrogen-bond donors (Lipinski definition) is 2. The Balaban J connectivity index is 1.76. The van der Waals surface area contributed by atoms with Gasteiger partial charge >= 0.3 is 6.09 Å². The normalized spacial score (nSPS) is 22.0. The summed E-state index contributed by atoms with van der Waals surface area (Å²) in [6.45, 7) is 14.3. The van der Waals surface area contributed by atoms with E-state index in [1.165, 1.54) is 0 Å². The van der Waals surface area contributed by atoms with Crippen molar-refractivity contribution >= 4 is 17.7 Å². The number of carbonyl (C=O) groups is 2. The highest BCUT2D eigenvalue weighted by molar-refractivity contribution is 5.94. The lowest BCUT2D eigenvalue weighted by atomic mass is 9.72. The molecular weight excluding hydrogens is 452 g/mol. The molecule has 0 bridgehead atoms. The number of rotatable bonds is 7. The molecule has 0 aromatic heterocycles. The molecule has 1 saturated carbocycles. The van der Waals surface area contributed by atoms with Crippen LogP contribution in [0.4, 0.5) is 10.5 Å². The molecule has 6 nitrogen and oxygen atoms in total. The third-order valence-electron chi connectivity index (χ3n) is 6.89. The van der Waals surface area contributed by atoms with Gasteiger partial charge in [0.05, 0.1) is 5.69 Å². The fraction of sp³-hybridized carbons (Fsp3) is 0.533. The monoisotopic (exact) mass is 494 g/mol. The summed E-state index contributed by atoms with van der Waals surface area (Å²) >= 11 is 0.